The summed E-state index contributed by atoms with van der Waals surface area (Å²) in [6.45, 7) is 5.14. The lowest BCUT2D eigenvalue weighted by molar-refractivity contribution is 0.547. The van der Waals surface area contributed by atoms with Crippen molar-refractivity contribution < 1.29 is 0 Å². The Bertz CT molecular complexity index is 628. The van der Waals surface area contributed by atoms with Gasteiger partial charge in [0.05, 0.1) is 0 Å². The molecule has 2 aromatic rings. The van der Waals surface area contributed by atoms with Crippen molar-refractivity contribution in [2.45, 2.75) is 26.3 Å². The highest BCUT2D eigenvalue weighted by Crippen LogP contribution is 2.29. The first-order valence-electron chi connectivity index (χ1n) is 6.94. The molecule has 1 N–H and O–H groups in total. The molecule has 1 unspecified atom stereocenters. The minimum absolute atomic E-state index is 0.212. The molecule has 4 heteroatoms. The summed E-state index contributed by atoms with van der Waals surface area (Å²) in [5, 5.41) is 5.02. The Labute approximate surface area is 144 Å². The fourth-order valence-corrected chi connectivity index (χ4v) is 3.21. The maximum absolute atomic E-state index is 6.30. The van der Waals surface area contributed by atoms with Gasteiger partial charge in [0.15, 0.2) is 0 Å². The molecule has 2 aromatic carbocycles. The van der Waals surface area contributed by atoms with E-state index in [2.05, 4.69) is 53.3 Å². The van der Waals surface area contributed by atoms with Gasteiger partial charge in [-0.15, -0.1) is 0 Å². The lowest BCUT2D eigenvalue weighted by atomic mass is 9.95. The van der Waals surface area contributed by atoms with Crippen LogP contribution in [0.2, 0.25) is 10.0 Å². The van der Waals surface area contributed by atoms with E-state index in [1.807, 2.05) is 18.2 Å². The molecule has 112 valence electrons. The summed E-state index contributed by atoms with van der Waals surface area (Å²) in [7, 11) is 0. The van der Waals surface area contributed by atoms with Crippen molar-refractivity contribution >= 4 is 39.1 Å². The Hall–Kier alpha value is -0.540. The number of hydrogen-bond acceptors (Lipinski definition) is 1. The molecule has 21 heavy (non-hydrogen) atoms. The standard InChI is InChI=1S/C17H18BrCl2N/c1-3-21-17(15-10-13(18)5-4-11(15)2)9-12-8-14(19)6-7-16(12)20/h4-8,10,17,21H,3,9H2,1-2H3. The average molecular weight is 387 g/mol. The Morgan fingerprint density at radius 2 is 1.90 bits per heavy atom. The average Bonchev–Trinajstić information content (AvgIpc) is 2.45. The molecule has 0 aromatic heterocycles. The fraction of sp³-hybridized carbons (Fsp3) is 0.294. The summed E-state index contributed by atoms with van der Waals surface area (Å²) in [4.78, 5) is 0. The molecule has 0 aliphatic carbocycles. The zero-order valence-corrected chi connectivity index (χ0v) is 15.2. The Kier molecular flexibility index (Phi) is 6.12. The molecule has 0 amide bonds. The van der Waals surface area contributed by atoms with Crippen LogP contribution >= 0.6 is 39.1 Å². The molecular weight excluding hydrogens is 369 g/mol. The van der Waals surface area contributed by atoms with Gasteiger partial charge < -0.3 is 5.32 Å². The predicted molar refractivity (Wildman–Crippen MR) is 95.5 cm³/mol. The van der Waals surface area contributed by atoms with Gasteiger partial charge in [-0.05, 0) is 66.9 Å². The molecular formula is C17H18BrCl2N. The van der Waals surface area contributed by atoms with Crippen LogP contribution in [0.15, 0.2) is 40.9 Å². The molecule has 0 aliphatic heterocycles. The van der Waals surface area contributed by atoms with Crippen LogP contribution in [-0.4, -0.2) is 6.54 Å². The second-order valence-electron chi connectivity index (χ2n) is 5.05. The van der Waals surface area contributed by atoms with Crippen LogP contribution in [0.3, 0.4) is 0 Å². The highest BCUT2D eigenvalue weighted by atomic mass is 79.9. The third kappa shape index (κ3) is 4.46. The Balaban J connectivity index is 2.35. The smallest absolute Gasteiger partial charge is 0.0439 e. The third-order valence-corrected chi connectivity index (χ3v) is 4.60. The largest absolute Gasteiger partial charge is 0.310 e. The van der Waals surface area contributed by atoms with Gasteiger partial charge in [0.25, 0.3) is 0 Å². The molecule has 0 radical (unpaired) electrons. The van der Waals surface area contributed by atoms with Gasteiger partial charge in [-0.25, -0.2) is 0 Å². The van der Waals surface area contributed by atoms with E-state index in [1.165, 1.54) is 11.1 Å². The summed E-state index contributed by atoms with van der Waals surface area (Å²) < 4.78 is 1.09. The molecule has 0 saturated carbocycles. The maximum atomic E-state index is 6.30. The van der Waals surface area contributed by atoms with Crippen molar-refractivity contribution in [3.63, 3.8) is 0 Å². The summed E-state index contributed by atoms with van der Waals surface area (Å²) in [5.41, 5.74) is 3.61. The molecule has 2 rings (SSSR count). The number of nitrogens with one attached hydrogen (secondary N) is 1. The highest BCUT2D eigenvalue weighted by molar-refractivity contribution is 9.10. The fourth-order valence-electron chi connectivity index (χ4n) is 2.44. The zero-order valence-electron chi connectivity index (χ0n) is 12.1. The lowest BCUT2D eigenvalue weighted by Crippen LogP contribution is -2.24. The molecule has 0 bridgehead atoms. The molecule has 0 saturated heterocycles. The number of rotatable bonds is 5. The van der Waals surface area contributed by atoms with Crippen LogP contribution in [0.25, 0.3) is 0 Å². The van der Waals surface area contributed by atoms with Crippen LogP contribution in [0.4, 0.5) is 0 Å². The van der Waals surface area contributed by atoms with Gasteiger partial charge in [0, 0.05) is 20.6 Å². The van der Waals surface area contributed by atoms with Gasteiger partial charge in [-0.1, -0.05) is 52.1 Å². The van der Waals surface area contributed by atoms with Gasteiger partial charge in [0.2, 0.25) is 0 Å². The molecule has 0 heterocycles. The summed E-state index contributed by atoms with van der Waals surface area (Å²) in [5.74, 6) is 0. The van der Waals surface area contributed by atoms with Crippen molar-refractivity contribution in [1.29, 1.82) is 0 Å². The molecule has 1 atom stereocenters. The monoisotopic (exact) mass is 385 g/mol. The van der Waals surface area contributed by atoms with Crippen molar-refractivity contribution in [2.75, 3.05) is 6.54 Å². The second kappa shape index (κ2) is 7.64. The van der Waals surface area contributed by atoms with Crippen LogP contribution in [0.1, 0.15) is 29.7 Å². The second-order valence-corrected chi connectivity index (χ2v) is 6.81. The SMILES string of the molecule is CCNC(Cc1cc(Cl)ccc1Cl)c1cc(Br)ccc1C. The zero-order chi connectivity index (χ0) is 15.4. The van der Waals surface area contributed by atoms with E-state index >= 15 is 0 Å². The first kappa shape index (κ1) is 16.8. The lowest BCUT2D eigenvalue weighted by Gasteiger charge is -2.21. The minimum atomic E-state index is 0.212. The minimum Gasteiger partial charge on any atom is -0.310 e. The quantitative estimate of drug-likeness (QED) is 0.668. The summed E-state index contributed by atoms with van der Waals surface area (Å²) in [6, 6.07) is 12.2. The normalized spacial score (nSPS) is 12.4. The van der Waals surface area contributed by atoms with E-state index in [-0.39, 0.29) is 6.04 Å². The van der Waals surface area contributed by atoms with Crippen LogP contribution in [0.5, 0.6) is 0 Å². The summed E-state index contributed by atoms with van der Waals surface area (Å²) >= 11 is 15.9. The van der Waals surface area contributed by atoms with Gasteiger partial charge in [-0.2, -0.15) is 0 Å². The van der Waals surface area contributed by atoms with Gasteiger partial charge in [-0.3, -0.25) is 0 Å². The molecule has 0 fully saturated rings. The maximum Gasteiger partial charge on any atom is 0.0439 e. The number of likely N-dealkylation sites (N-methyl/N-ethyl adjacent to an activating group) is 1. The number of aryl methyl sites for hydroxylation is 1. The van der Waals surface area contributed by atoms with E-state index in [4.69, 9.17) is 23.2 Å². The number of benzene rings is 2. The number of halogens is 3. The van der Waals surface area contributed by atoms with Gasteiger partial charge >= 0.3 is 0 Å². The molecule has 0 aliphatic rings. The third-order valence-electron chi connectivity index (χ3n) is 3.50. The van der Waals surface area contributed by atoms with E-state index in [1.54, 1.807) is 0 Å². The first-order valence-corrected chi connectivity index (χ1v) is 8.49. The Morgan fingerprint density at radius 1 is 1.14 bits per heavy atom. The predicted octanol–water partition coefficient (Wildman–Crippen LogP) is 5.96. The van der Waals surface area contributed by atoms with Crippen LogP contribution < -0.4 is 5.32 Å². The van der Waals surface area contributed by atoms with Crippen molar-refractivity contribution in [3.05, 3.63) is 67.6 Å². The van der Waals surface area contributed by atoms with Crippen molar-refractivity contribution in [3.8, 4) is 0 Å². The highest BCUT2D eigenvalue weighted by Gasteiger charge is 2.16. The van der Waals surface area contributed by atoms with Crippen LogP contribution in [0, 0.1) is 6.92 Å². The topological polar surface area (TPSA) is 12.0 Å². The van der Waals surface area contributed by atoms with Crippen molar-refractivity contribution in [2.24, 2.45) is 0 Å². The molecule has 1 nitrogen and oxygen atoms in total. The van der Waals surface area contributed by atoms with Crippen LogP contribution in [-0.2, 0) is 6.42 Å². The van der Waals surface area contributed by atoms with E-state index in [0.29, 0.717) is 0 Å². The van der Waals surface area contributed by atoms with Crippen molar-refractivity contribution in [1.82, 2.24) is 5.32 Å². The van der Waals surface area contributed by atoms with Gasteiger partial charge in [0.1, 0.15) is 0 Å². The Morgan fingerprint density at radius 3 is 2.62 bits per heavy atom. The molecule has 0 spiro atoms. The van der Waals surface area contributed by atoms with E-state index < -0.39 is 0 Å². The first-order chi connectivity index (χ1) is 10.0. The van der Waals surface area contributed by atoms with E-state index in [0.717, 1.165) is 33.0 Å². The number of hydrogen-bond donors (Lipinski definition) is 1. The summed E-state index contributed by atoms with van der Waals surface area (Å²) in [6.07, 6.45) is 0.810. The van der Waals surface area contributed by atoms with E-state index in [9.17, 15) is 0 Å².